The lowest BCUT2D eigenvalue weighted by Crippen LogP contribution is -3.00. The summed E-state index contributed by atoms with van der Waals surface area (Å²) in [6, 6.07) is 13.2. The second-order valence-electron chi connectivity index (χ2n) is 4.87. The van der Waals surface area contributed by atoms with Crippen molar-refractivity contribution in [2.75, 3.05) is 12.4 Å². The molecule has 0 bridgehead atoms. The Morgan fingerprint density at radius 3 is 2.25 bits per heavy atom. The average Bonchev–Trinajstić information content (AvgIpc) is 2.92. The molecule has 0 aliphatic rings. The molecule has 0 spiro atoms. The summed E-state index contributed by atoms with van der Waals surface area (Å²) in [6.07, 6.45) is 0. The van der Waals surface area contributed by atoms with Crippen molar-refractivity contribution in [3.63, 3.8) is 0 Å². The molecule has 1 heterocycles. The Morgan fingerprint density at radius 1 is 1.04 bits per heavy atom. The monoisotopic (exact) mass is 443 g/mol. The van der Waals surface area contributed by atoms with Gasteiger partial charge in [-0.2, -0.15) is 0 Å². The largest absolute Gasteiger partial charge is 1.00 e. The van der Waals surface area contributed by atoms with Gasteiger partial charge in [0.25, 0.3) is 0 Å². The van der Waals surface area contributed by atoms with Crippen LogP contribution in [-0.4, -0.2) is 12.1 Å². The number of thiazole rings is 1. The molecule has 0 radical (unpaired) electrons. The van der Waals surface area contributed by atoms with Gasteiger partial charge in [-0.15, -0.1) is 11.3 Å². The number of aryl methyl sites for hydroxylation is 1. The van der Waals surface area contributed by atoms with E-state index in [-0.39, 0.29) is 17.0 Å². The molecule has 3 rings (SSSR count). The molecule has 0 unspecified atom stereocenters. The van der Waals surface area contributed by atoms with Crippen molar-refractivity contribution in [3.8, 4) is 17.0 Å². The second kappa shape index (κ2) is 8.21. The Hall–Kier alpha value is -1.27. The summed E-state index contributed by atoms with van der Waals surface area (Å²) < 4.78 is 5.19. The number of halogens is 3. The molecule has 0 saturated carbocycles. The van der Waals surface area contributed by atoms with Gasteiger partial charge in [0.2, 0.25) is 0 Å². The van der Waals surface area contributed by atoms with E-state index in [1.54, 1.807) is 30.6 Å². The lowest BCUT2D eigenvalue weighted by molar-refractivity contribution is -0.00000470. The lowest BCUT2D eigenvalue weighted by atomic mass is 10.1. The highest BCUT2D eigenvalue weighted by atomic mass is 79.9. The number of para-hydroxylation sites is 1. The number of ether oxygens (including phenoxy) is 1. The van der Waals surface area contributed by atoms with Gasteiger partial charge in [0.1, 0.15) is 5.75 Å². The predicted molar refractivity (Wildman–Crippen MR) is 98.6 cm³/mol. The molecule has 3 aromatic rings. The predicted octanol–water partition coefficient (Wildman–Crippen LogP) is 3.18. The summed E-state index contributed by atoms with van der Waals surface area (Å²) in [7, 11) is 1.65. The zero-order chi connectivity index (χ0) is 16.4. The maximum Gasteiger partial charge on any atom is 0.188 e. The first kappa shape index (κ1) is 19.1. The average molecular weight is 445 g/mol. The minimum atomic E-state index is 0. The number of methoxy groups -OCH3 is 1. The van der Waals surface area contributed by atoms with Gasteiger partial charge in [-0.05, 0) is 43.3 Å². The third kappa shape index (κ3) is 4.03. The van der Waals surface area contributed by atoms with Crippen molar-refractivity contribution in [1.29, 1.82) is 0 Å². The van der Waals surface area contributed by atoms with Gasteiger partial charge >= 0.3 is 0 Å². The molecule has 2 aromatic carbocycles. The van der Waals surface area contributed by atoms with E-state index in [1.165, 1.54) is 0 Å². The molecule has 0 fully saturated rings. The Morgan fingerprint density at radius 2 is 1.67 bits per heavy atom. The number of rotatable bonds is 4. The summed E-state index contributed by atoms with van der Waals surface area (Å²) in [5.41, 5.74) is 2.65. The minimum Gasteiger partial charge on any atom is -1.00 e. The van der Waals surface area contributed by atoms with E-state index in [1.807, 2.05) is 37.3 Å². The molecule has 1 aromatic heterocycles. The number of hydrogen-bond acceptors (Lipinski definition) is 4. The molecule has 0 aliphatic heterocycles. The van der Waals surface area contributed by atoms with Gasteiger partial charge in [-0.3, -0.25) is 0 Å². The van der Waals surface area contributed by atoms with Crippen LogP contribution in [0.3, 0.4) is 0 Å². The molecule has 0 amide bonds. The molecular formula is C17H14BrCl2N2OS-. The van der Waals surface area contributed by atoms with Crippen LogP contribution < -0.4 is 27.0 Å². The van der Waals surface area contributed by atoms with Gasteiger partial charge in [-0.1, -0.05) is 29.3 Å². The van der Waals surface area contributed by atoms with Crippen LogP contribution in [0.15, 0.2) is 42.5 Å². The zero-order valence-corrected chi connectivity index (χ0v) is 16.9. The maximum atomic E-state index is 6.19. The molecule has 3 nitrogen and oxygen atoms in total. The van der Waals surface area contributed by atoms with E-state index < -0.39 is 0 Å². The van der Waals surface area contributed by atoms with E-state index in [9.17, 15) is 0 Å². The van der Waals surface area contributed by atoms with E-state index in [0.717, 1.165) is 27.0 Å². The number of nitrogens with one attached hydrogen (secondary N) is 1. The molecule has 0 atom stereocenters. The van der Waals surface area contributed by atoms with Crippen molar-refractivity contribution in [1.82, 2.24) is 4.98 Å². The van der Waals surface area contributed by atoms with Crippen LogP contribution in [0.1, 0.15) is 4.88 Å². The van der Waals surface area contributed by atoms with Crippen molar-refractivity contribution in [2.45, 2.75) is 6.92 Å². The van der Waals surface area contributed by atoms with Crippen LogP contribution >= 0.6 is 34.5 Å². The second-order valence-corrected chi connectivity index (χ2v) is 6.89. The van der Waals surface area contributed by atoms with Gasteiger partial charge in [0.15, 0.2) is 5.13 Å². The van der Waals surface area contributed by atoms with Crippen molar-refractivity contribution >= 4 is 45.4 Å². The fraction of sp³-hybridized carbons (Fsp3) is 0.118. The van der Waals surface area contributed by atoms with E-state index in [2.05, 4.69) is 10.3 Å². The van der Waals surface area contributed by atoms with E-state index in [4.69, 9.17) is 27.9 Å². The van der Waals surface area contributed by atoms with Crippen molar-refractivity contribution in [2.24, 2.45) is 0 Å². The fourth-order valence-corrected chi connectivity index (χ4v) is 3.52. The maximum absolute atomic E-state index is 6.19. The molecule has 7 heteroatoms. The van der Waals surface area contributed by atoms with Gasteiger partial charge in [0, 0.05) is 10.4 Å². The first-order valence-corrected chi connectivity index (χ1v) is 8.48. The van der Waals surface area contributed by atoms with E-state index in [0.29, 0.717) is 15.7 Å². The normalized spacial score (nSPS) is 10.2. The summed E-state index contributed by atoms with van der Waals surface area (Å²) in [6.45, 7) is 2.04. The summed E-state index contributed by atoms with van der Waals surface area (Å²) in [4.78, 5) is 5.77. The highest BCUT2D eigenvalue weighted by Crippen LogP contribution is 2.37. The summed E-state index contributed by atoms with van der Waals surface area (Å²) >= 11 is 13.9. The molecule has 0 aliphatic carbocycles. The van der Waals surface area contributed by atoms with Crippen molar-refractivity contribution in [3.05, 3.63) is 57.4 Å². The summed E-state index contributed by atoms with van der Waals surface area (Å²) in [5, 5.41) is 5.10. The van der Waals surface area contributed by atoms with Gasteiger partial charge in [0.05, 0.1) is 28.5 Å². The SMILES string of the molecule is COc1ccc(-c2nc(Nc3c(Cl)cccc3Cl)sc2C)cc1.[Br-]. The van der Waals surface area contributed by atoms with Crippen LogP contribution in [0.4, 0.5) is 10.8 Å². The molecule has 0 saturated heterocycles. The quantitative estimate of drug-likeness (QED) is 0.670. The topological polar surface area (TPSA) is 34.1 Å². The Balaban J connectivity index is 0.00000208. The number of benzene rings is 2. The highest BCUT2D eigenvalue weighted by molar-refractivity contribution is 7.16. The van der Waals surface area contributed by atoms with E-state index >= 15 is 0 Å². The number of aromatic nitrogens is 1. The fourth-order valence-electron chi connectivity index (χ4n) is 2.19. The number of hydrogen-bond donors (Lipinski definition) is 1. The van der Waals surface area contributed by atoms with Gasteiger partial charge < -0.3 is 27.0 Å². The Kier molecular flexibility index (Phi) is 6.52. The standard InChI is InChI=1S/C17H14Cl2N2OS.BrH/c1-10-15(11-6-8-12(22-2)9-7-11)20-17(23-10)21-16-13(18)4-3-5-14(16)19;/h3-9H,1-2H3,(H,20,21);1H/p-1. The smallest absolute Gasteiger partial charge is 0.188 e. The minimum absolute atomic E-state index is 0. The highest BCUT2D eigenvalue weighted by Gasteiger charge is 2.12. The molecule has 1 N–H and O–H groups in total. The first-order valence-electron chi connectivity index (χ1n) is 6.91. The molecule has 126 valence electrons. The Labute approximate surface area is 165 Å². The zero-order valence-electron chi connectivity index (χ0n) is 12.9. The van der Waals surface area contributed by atoms with Crippen LogP contribution in [0.5, 0.6) is 5.75 Å². The molecule has 24 heavy (non-hydrogen) atoms. The van der Waals surface area contributed by atoms with Gasteiger partial charge in [-0.25, -0.2) is 4.98 Å². The molecular weight excluding hydrogens is 431 g/mol. The lowest BCUT2D eigenvalue weighted by Gasteiger charge is -2.07. The number of anilines is 2. The number of nitrogens with zero attached hydrogens (tertiary/aromatic N) is 1. The van der Waals surface area contributed by atoms with Crippen LogP contribution in [-0.2, 0) is 0 Å². The van der Waals surface area contributed by atoms with Crippen LogP contribution in [0.25, 0.3) is 11.3 Å². The first-order chi connectivity index (χ1) is 11.1. The van der Waals surface area contributed by atoms with Crippen LogP contribution in [0, 0.1) is 6.92 Å². The van der Waals surface area contributed by atoms with Crippen molar-refractivity contribution < 1.29 is 21.7 Å². The third-order valence-corrected chi connectivity index (χ3v) is 4.87. The Bertz CT molecular complexity index is 817. The summed E-state index contributed by atoms with van der Waals surface area (Å²) in [5.74, 6) is 0.822. The third-order valence-electron chi connectivity index (χ3n) is 3.35. The van der Waals surface area contributed by atoms with Crippen LogP contribution in [0.2, 0.25) is 10.0 Å².